The van der Waals surface area contributed by atoms with Crippen LogP contribution in [-0.4, -0.2) is 64.1 Å². The topological polar surface area (TPSA) is 63.6 Å². The molecular formula is C8H20NO4S+. The molecule has 0 saturated heterocycles. The molecule has 0 heterocycles. The minimum atomic E-state index is -3.81. The molecule has 0 aromatic rings. The van der Waals surface area contributed by atoms with Crippen LogP contribution in [0.2, 0.25) is 0 Å². The zero-order valence-corrected chi connectivity index (χ0v) is 9.88. The first-order chi connectivity index (χ1) is 6.27. The second-order valence-electron chi connectivity index (χ2n) is 4.02. The summed E-state index contributed by atoms with van der Waals surface area (Å²) < 4.78 is 35.1. The Hall–Kier alpha value is -0.170. The van der Waals surface area contributed by atoms with Crippen LogP contribution in [0.15, 0.2) is 0 Å². The standard InChI is InChI=1S/C8H19NO4S/c1-9(2,6-7-13-3)5-4-8-14(10,11)12/h4-8H2,1-3H3/p+1. The molecule has 86 valence electrons. The van der Waals surface area contributed by atoms with E-state index >= 15 is 0 Å². The quantitative estimate of drug-likeness (QED) is 0.490. The Labute approximate surface area is 86.0 Å². The molecule has 0 spiro atoms. The molecule has 6 heteroatoms. The van der Waals surface area contributed by atoms with Gasteiger partial charge in [-0.05, 0) is 0 Å². The van der Waals surface area contributed by atoms with E-state index in [0.29, 0.717) is 24.1 Å². The van der Waals surface area contributed by atoms with Crippen molar-refractivity contribution in [1.29, 1.82) is 0 Å². The summed E-state index contributed by atoms with van der Waals surface area (Å²) in [7, 11) is 1.83. The molecule has 0 fully saturated rings. The van der Waals surface area contributed by atoms with Gasteiger partial charge in [0.25, 0.3) is 10.1 Å². The lowest BCUT2D eigenvalue weighted by molar-refractivity contribution is -0.890. The average molecular weight is 226 g/mol. The lowest BCUT2D eigenvalue weighted by Crippen LogP contribution is -2.43. The van der Waals surface area contributed by atoms with Gasteiger partial charge in [-0.1, -0.05) is 0 Å². The van der Waals surface area contributed by atoms with Crippen molar-refractivity contribution in [1.82, 2.24) is 0 Å². The number of ether oxygens (including phenoxy) is 1. The highest BCUT2D eigenvalue weighted by atomic mass is 32.2. The summed E-state index contributed by atoms with van der Waals surface area (Å²) in [5.74, 6) is -0.165. The fourth-order valence-electron chi connectivity index (χ4n) is 1.13. The molecular weight excluding hydrogens is 206 g/mol. The Morgan fingerprint density at radius 2 is 1.86 bits per heavy atom. The monoisotopic (exact) mass is 226 g/mol. The molecule has 0 aliphatic carbocycles. The summed E-state index contributed by atoms with van der Waals surface area (Å²) in [6.45, 7) is 2.20. The Morgan fingerprint density at radius 3 is 2.29 bits per heavy atom. The SMILES string of the molecule is COCC[N+](C)(C)CCCS(=O)(=O)O. The van der Waals surface area contributed by atoms with Crippen molar-refractivity contribution in [2.75, 3.05) is 46.7 Å². The normalized spacial score (nSPS) is 13.1. The van der Waals surface area contributed by atoms with E-state index in [1.165, 1.54) is 0 Å². The Morgan fingerprint density at radius 1 is 1.29 bits per heavy atom. The summed E-state index contributed by atoms with van der Waals surface area (Å²) in [4.78, 5) is 0. The van der Waals surface area contributed by atoms with Crippen LogP contribution in [0, 0.1) is 0 Å². The van der Waals surface area contributed by atoms with Crippen LogP contribution in [0.1, 0.15) is 6.42 Å². The van der Waals surface area contributed by atoms with Gasteiger partial charge in [0.2, 0.25) is 0 Å². The summed E-state index contributed by atoms with van der Waals surface area (Å²) in [6.07, 6.45) is 0.468. The lowest BCUT2D eigenvalue weighted by Gasteiger charge is -2.29. The van der Waals surface area contributed by atoms with Crippen molar-refractivity contribution in [3.05, 3.63) is 0 Å². The molecule has 0 bridgehead atoms. The van der Waals surface area contributed by atoms with Gasteiger partial charge in [0.1, 0.15) is 6.54 Å². The molecule has 5 nitrogen and oxygen atoms in total. The molecule has 0 rings (SSSR count). The van der Waals surface area contributed by atoms with Gasteiger partial charge in [-0.25, -0.2) is 0 Å². The average Bonchev–Trinajstić information content (AvgIpc) is 1.98. The molecule has 0 aromatic heterocycles. The summed E-state index contributed by atoms with van der Waals surface area (Å²) in [5, 5.41) is 0. The van der Waals surface area contributed by atoms with E-state index in [2.05, 4.69) is 0 Å². The third-order valence-electron chi connectivity index (χ3n) is 2.07. The second kappa shape index (κ2) is 5.65. The summed E-state index contributed by atoms with van der Waals surface area (Å²) in [6, 6.07) is 0. The van der Waals surface area contributed by atoms with Crippen LogP contribution in [0.4, 0.5) is 0 Å². The second-order valence-corrected chi connectivity index (χ2v) is 5.59. The molecule has 0 atom stereocenters. The van der Waals surface area contributed by atoms with Crippen LogP contribution < -0.4 is 0 Å². The smallest absolute Gasteiger partial charge is 0.265 e. The minimum absolute atomic E-state index is 0.165. The number of hydrogen-bond acceptors (Lipinski definition) is 3. The highest BCUT2D eigenvalue weighted by Gasteiger charge is 2.15. The van der Waals surface area contributed by atoms with E-state index in [1.807, 2.05) is 14.1 Å². The molecule has 0 radical (unpaired) electrons. The van der Waals surface area contributed by atoms with Crippen LogP contribution in [-0.2, 0) is 14.9 Å². The highest BCUT2D eigenvalue weighted by Crippen LogP contribution is 2.00. The van der Waals surface area contributed by atoms with Crippen molar-refractivity contribution in [3.8, 4) is 0 Å². The van der Waals surface area contributed by atoms with Gasteiger partial charge < -0.3 is 9.22 Å². The van der Waals surface area contributed by atoms with Crippen molar-refractivity contribution in [2.24, 2.45) is 0 Å². The Balaban J connectivity index is 3.76. The molecule has 0 unspecified atom stereocenters. The zero-order chi connectivity index (χ0) is 11.2. The maximum absolute atomic E-state index is 10.5. The van der Waals surface area contributed by atoms with Gasteiger partial charge in [0.15, 0.2) is 0 Å². The molecule has 0 aliphatic rings. The van der Waals surface area contributed by atoms with Crippen LogP contribution >= 0.6 is 0 Å². The summed E-state index contributed by atoms with van der Waals surface area (Å²) >= 11 is 0. The van der Waals surface area contributed by atoms with E-state index in [-0.39, 0.29) is 5.75 Å². The van der Waals surface area contributed by atoms with Gasteiger partial charge in [-0.15, -0.1) is 0 Å². The van der Waals surface area contributed by atoms with Gasteiger partial charge >= 0.3 is 0 Å². The molecule has 0 amide bonds. The Kier molecular flexibility index (Phi) is 5.58. The predicted molar refractivity (Wildman–Crippen MR) is 54.8 cm³/mol. The molecule has 1 N–H and O–H groups in total. The molecule has 14 heavy (non-hydrogen) atoms. The van der Waals surface area contributed by atoms with Crippen LogP contribution in [0.5, 0.6) is 0 Å². The number of quaternary nitrogens is 1. The minimum Gasteiger partial charge on any atom is -0.379 e. The van der Waals surface area contributed by atoms with Crippen molar-refractivity contribution < 1.29 is 22.2 Å². The van der Waals surface area contributed by atoms with E-state index in [0.717, 1.165) is 6.54 Å². The maximum Gasteiger partial charge on any atom is 0.265 e. The maximum atomic E-state index is 10.5. The highest BCUT2D eigenvalue weighted by molar-refractivity contribution is 7.85. The lowest BCUT2D eigenvalue weighted by atomic mass is 10.4. The summed E-state index contributed by atoms with van der Waals surface area (Å²) in [5.41, 5.74) is 0. The van der Waals surface area contributed by atoms with E-state index < -0.39 is 10.1 Å². The van der Waals surface area contributed by atoms with Gasteiger partial charge in [0.05, 0.1) is 33.0 Å². The van der Waals surface area contributed by atoms with E-state index in [9.17, 15) is 8.42 Å². The molecule has 0 saturated carbocycles. The Bertz CT molecular complexity index is 248. The molecule has 0 aromatic carbocycles. The van der Waals surface area contributed by atoms with Gasteiger partial charge in [0, 0.05) is 13.5 Å². The van der Waals surface area contributed by atoms with Crippen LogP contribution in [0.25, 0.3) is 0 Å². The number of methoxy groups -OCH3 is 1. The number of rotatable bonds is 7. The first-order valence-corrected chi connectivity index (χ1v) is 6.14. The van der Waals surface area contributed by atoms with Crippen molar-refractivity contribution in [2.45, 2.75) is 6.42 Å². The van der Waals surface area contributed by atoms with Crippen LogP contribution in [0.3, 0.4) is 0 Å². The van der Waals surface area contributed by atoms with E-state index in [1.54, 1.807) is 7.11 Å². The third kappa shape index (κ3) is 8.43. The predicted octanol–water partition coefficient (Wildman–Crippen LogP) is -0.0129. The fraction of sp³-hybridized carbons (Fsp3) is 1.00. The van der Waals surface area contributed by atoms with Crippen molar-refractivity contribution in [3.63, 3.8) is 0 Å². The van der Waals surface area contributed by atoms with Crippen molar-refractivity contribution >= 4 is 10.1 Å². The zero-order valence-electron chi connectivity index (χ0n) is 9.06. The van der Waals surface area contributed by atoms with E-state index in [4.69, 9.17) is 9.29 Å². The first-order valence-electron chi connectivity index (χ1n) is 4.53. The van der Waals surface area contributed by atoms with Gasteiger partial charge in [-0.2, -0.15) is 8.42 Å². The number of nitrogens with zero attached hydrogens (tertiary/aromatic N) is 1. The van der Waals surface area contributed by atoms with Gasteiger partial charge in [-0.3, -0.25) is 4.55 Å². The largest absolute Gasteiger partial charge is 0.379 e. The number of likely N-dealkylation sites (N-methyl/N-ethyl adjacent to an activating group) is 1. The number of hydrogen-bond donors (Lipinski definition) is 1. The molecule has 0 aliphatic heterocycles. The fourth-order valence-corrected chi connectivity index (χ4v) is 1.62. The third-order valence-corrected chi connectivity index (χ3v) is 2.87. The first kappa shape index (κ1) is 13.8.